The quantitative estimate of drug-likeness (QED) is 0.494. The molecule has 0 fully saturated rings. The van der Waals surface area contributed by atoms with Crippen molar-refractivity contribution in [2.24, 2.45) is 5.92 Å². The Morgan fingerprint density at radius 2 is 2.16 bits per heavy atom. The highest BCUT2D eigenvalue weighted by molar-refractivity contribution is 7.99. The van der Waals surface area contributed by atoms with Gasteiger partial charge in [0, 0.05) is 16.5 Å². The summed E-state index contributed by atoms with van der Waals surface area (Å²) >= 11 is 3.43. The van der Waals surface area contributed by atoms with E-state index in [2.05, 4.69) is 17.1 Å². The zero-order chi connectivity index (χ0) is 17.0. The van der Waals surface area contributed by atoms with Gasteiger partial charge in [0.05, 0.1) is 0 Å². The van der Waals surface area contributed by atoms with E-state index in [1.807, 2.05) is 47.1 Å². The first-order valence-corrected chi connectivity index (χ1v) is 10.1. The second kappa shape index (κ2) is 5.78. The summed E-state index contributed by atoms with van der Waals surface area (Å²) in [5, 5.41) is 11.7. The van der Waals surface area contributed by atoms with Gasteiger partial charge in [0.2, 0.25) is 5.16 Å². The number of aromatic nitrogens is 5. The highest BCUT2D eigenvalue weighted by Gasteiger charge is 2.24. The number of aryl methyl sites for hydroxylation is 2. The van der Waals surface area contributed by atoms with Gasteiger partial charge in [-0.3, -0.25) is 4.40 Å². The van der Waals surface area contributed by atoms with E-state index in [0.29, 0.717) is 0 Å². The zero-order valence-corrected chi connectivity index (χ0v) is 15.7. The molecule has 0 radical (unpaired) electrons. The molecule has 0 aliphatic heterocycles. The molecule has 0 saturated carbocycles. The maximum absolute atomic E-state index is 4.76. The van der Waals surface area contributed by atoms with Crippen LogP contribution in [0.2, 0.25) is 0 Å². The second-order valence-electron chi connectivity index (χ2n) is 6.62. The van der Waals surface area contributed by atoms with Crippen LogP contribution in [-0.2, 0) is 12.8 Å². The summed E-state index contributed by atoms with van der Waals surface area (Å²) in [7, 11) is 0. The lowest BCUT2D eigenvalue weighted by atomic mass is 9.89. The topological polar surface area (TPSA) is 56.0 Å². The van der Waals surface area contributed by atoms with E-state index in [-0.39, 0.29) is 0 Å². The van der Waals surface area contributed by atoms with Crippen molar-refractivity contribution in [1.82, 2.24) is 24.6 Å². The van der Waals surface area contributed by atoms with Crippen LogP contribution in [0.25, 0.3) is 15.9 Å². The van der Waals surface area contributed by atoms with E-state index in [0.717, 1.165) is 45.2 Å². The number of pyridine rings is 1. The number of rotatable bonds is 2. The first-order chi connectivity index (χ1) is 12.2. The van der Waals surface area contributed by atoms with Crippen LogP contribution < -0.4 is 0 Å². The lowest BCUT2D eigenvalue weighted by Crippen LogP contribution is -2.08. The summed E-state index contributed by atoms with van der Waals surface area (Å²) in [6.45, 7) is 4.30. The third kappa shape index (κ3) is 2.53. The van der Waals surface area contributed by atoms with E-state index < -0.39 is 0 Å². The molecule has 0 bridgehead atoms. The van der Waals surface area contributed by atoms with Crippen molar-refractivity contribution in [3.05, 3.63) is 40.7 Å². The maximum atomic E-state index is 4.76. The summed E-state index contributed by atoms with van der Waals surface area (Å²) in [5.74, 6) is 1.57. The molecular weight excluding hydrogens is 350 g/mol. The van der Waals surface area contributed by atoms with Gasteiger partial charge in [-0.2, -0.15) is 0 Å². The molecule has 25 heavy (non-hydrogen) atoms. The molecule has 126 valence electrons. The van der Waals surface area contributed by atoms with Gasteiger partial charge in [-0.05, 0) is 61.6 Å². The number of fused-ring (bicyclic) bond motifs is 4. The number of hydrogen-bond acceptors (Lipinski definition) is 6. The Bertz CT molecular complexity index is 1100. The van der Waals surface area contributed by atoms with Crippen LogP contribution in [-0.4, -0.2) is 24.6 Å². The fraction of sp³-hybridized carbons (Fsp3) is 0.333. The number of thiophene rings is 1. The number of hydrogen-bond donors (Lipinski definition) is 0. The summed E-state index contributed by atoms with van der Waals surface area (Å²) in [4.78, 5) is 12.1. The summed E-state index contributed by atoms with van der Waals surface area (Å²) in [6.07, 6.45) is 5.52. The van der Waals surface area contributed by atoms with Crippen molar-refractivity contribution in [1.29, 1.82) is 0 Å². The summed E-state index contributed by atoms with van der Waals surface area (Å²) in [6, 6.07) is 5.93. The average Bonchev–Trinajstić information content (AvgIpc) is 3.15. The van der Waals surface area contributed by atoms with Crippen molar-refractivity contribution in [2.75, 3.05) is 0 Å². The van der Waals surface area contributed by atoms with Gasteiger partial charge in [0.25, 0.3) is 0 Å². The highest BCUT2D eigenvalue weighted by Crippen LogP contribution is 2.42. The Hall–Kier alpha value is -1.99. The largest absolute Gasteiger partial charge is 0.277 e. The lowest BCUT2D eigenvalue weighted by molar-refractivity contribution is 0.509. The van der Waals surface area contributed by atoms with E-state index in [1.165, 1.54) is 22.2 Å². The van der Waals surface area contributed by atoms with Crippen molar-refractivity contribution in [3.63, 3.8) is 0 Å². The Balaban J connectivity index is 1.68. The van der Waals surface area contributed by atoms with Crippen LogP contribution in [0.3, 0.4) is 0 Å². The standard InChI is InChI=1S/C18H17N5S2/c1-10-6-7-12-13(9-10)24-16-15(12)17(20-11(2)19-16)25-18-22-21-14-5-3-4-8-23(14)18/h3-5,8,10H,6-7,9H2,1-2H3/t10-/m1/s1. The minimum absolute atomic E-state index is 0.756. The summed E-state index contributed by atoms with van der Waals surface area (Å²) < 4.78 is 2.01. The molecule has 0 N–H and O–H groups in total. The van der Waals surface area contributed by atoms with Crippen molar-refractivity contribution in [2.45, 2.75) is 43.3 Å². The fourth-order valence-corrected chi connectivity index (χ4v) is 5.96. The highest BCUT2D eigenvalue weighted by atomic mass is 32.2. The maximum Gasteiger partial charge on any atom is 0.201 e. The van der Waals surface area contributed by atoms with Gasteiger partial charge in [-0.1, -0.05) is 13.0 Å². The number of nitrogens with zero attached hydrogens (tertiary/aromatic N) is 5. The van der Waals surface area contributed by atoms with Gasteiger partial charge in [0.1, 0.15) is 15.7 Å². The molecule has 0 aromatic carbocycles. The normalized spacial score (nSPS) is 17.3. The van der Waals surface area contributed by atoms with E-state index >= 15 is 0 Å². The first-order valence-electron chi connectivity index (χ1n) is 8.45. The van der Waals surface area contributed by atoms with Crippen LogP contribution in [0, 0.1) is 12.8 Å². The predicted octanol–water partition coefficient (Wildman–Crippen LogP) is 4.32. The molecule has 1 aliphatic carbocycles. The molecule has 5 nitrogen and oxygen atoms in total. The van der Waals surface area contributed by atoms with Gasteiger partial charge >= 0.3 is 0 Å². The van der Waals surface area contributed by atoms with Gasteiger partial charge < -0.3 is 0 Å². The predicted molar refractivity (Wildman–Crippen MR) is 100 cm³/mol. The van der Waals surface area contributed by atoms with Gasteiger partial charge in [-0.15, -0.1) is 21.5 Å². The zero-order valence-electron chi connectivity index (χ0n) is 14.1. The van der Waals surface area contributed by atoms with Crippen LogP contribution in [0.5, 0.6) is 0 Å². The average molecular weight is 368 g/mol. The molecule has 1 atom stereocenters. The van der Waals surface area contributed by atoms with Crippen LogP contribution in [0.4, 0.5) is 0 Å². The fourth-order valence-electron chi connectivity index (χ4n) is 3.46. The molecule has 0 saturated heterocycles. The van der Waals surface area contributed by atoms with Crippen LogP contribution in [0.1, 0.15) is 29.6 Å². The third-order valence-corrected chi connectivity index (χ3v) is 6.80. The SMILES string of the molecule is Cc1nc(Sc2nnc3ccccn23)c2c3c(sc2n1)C[C@H](C)CC3. The minimum atomic E-state index is 0.756. The molecule has 1 aliphatic rings. The van der Waals surface area contributed by atoms with Crippen molar-refractivity contribution in [3.8, 4) is 0 Å². The smallest absolute Gasteiger partial charge is 0.201 e. The van der Waals surface area contributed by atoms with Crippen LogP contribution in [0.15, 0.2) is 34.6 Å². The van der Waals surface area contributed by atoms with Crippen molar-refractivity contribution >= 4 is 39.0 Å². The molecular formula is C18H17N5S2. The molecule has 0 spiro atoms. The molecule has 4 aromatic rings. The monoisotopic (exact) mass is 367 g/mol. The first kappa shape index (κ1) is 15.3. The van der Waals surface area contributed by atoms with E-state index in [9.17, 15) is 0 Å². The lowest BCUT2D eigenvalue weighted by Gasteiger charge is -2.18. The van der Waals surface area contributed by atoms with Gasteiger partial charge in [-0.25, -0.2) is 9.97 Å². The van der Waals surface area contributed by atoms with Gasteiger partial charge in [0.15, 0.2) is 5.65 Å². The van der Waals surface area contributed by atoms with E-state index in [1.54, 1.807) is 11.8 Å². The Kier molecular flexibility index (Phi) is 3.53. The molecule has 4 heterocycles. The summed E-state index contributed by atoms with van der Waals surface area (Å²) in [5.41, 5.74) is 2.31. The molecule has 7 heteroatoms. The van der Waals surface area contributed by atoms with E-state index in [4.69, 9.17) is 9.97 Å². The minimum Gasteiger partial charge on any atom is -0.277 e. The van der Waals surface area contributed by atoms with Crippen molar-refractivity contribution < 1.29 is 0 Å². The van der Waals surface area contributed by atoms with Crippen LogP contribution >= 0.6 is 23.1 Å². The Morgan fingerprint density at radius 1 is 1.24 bits per heavy atom. The molecule has 0 unspecified atom stereocenters. The third-order valence-electron chi connectivity index (χ3n) is 4.70. The Labute approximate surface area is 153 Å². The molecule has 0 amide bonds. The Morgan fingerprint density at radius 3 is 3.08 bits per heavy atom. The molecule has 5 rings (SSSR count). The second-order valence-corrected chi connectivity index (χ2v) is 8.66. The molecule has 4 aromatic heterocycles.